The SMILES string of the molecule is NC1CCN(C(=O)c2noc(-c3cnc4[nH]ccc4c3N[C@H]3C4CC5CC3C[C@@](O)(C5)C4)n2)CC1. The van der Waals surface area contributed by atoms with Crippen LogP contribution in [0.25, 0.3) is 22.5 Å². The van der Waals surface area contributed by atoms with E-state index in [0.717, 1.165) is 61.7 Å². The molecular formula is C25H31N7O3. The molecule has 5 N–H and O–H groups in total. The summed E-state index contributed by atoms with van der Waals surface area (Å²) in [6, 6.07) is 2.41. The van der Waals surface area contributed by atoms with Crippen LogP contribution in [0.2, 0.25) is 0 Å². The summed E-state index contributed by atoms with van der Waals surface area (Å²) in [4.78, 5) is 26.9. The molecule has 1 aliphatic heterocycles. The number of rotatable bonds is 4. The van der Waals surface area contributed by atoms with Crippen LogP contribution in [0.5, 0.6) is 0 Å². The van der Waals surface area contributed by atoms with Crippen LogP contribution >= 0.6 is 0 Å². The van der Waals surface area contributed by atoms with Gasteiger partial charge in [-0.2, -0.15) is 4.98 Å². The molecule has 0 radical (unpaired) electrons. The molecule has 10 nitrogen and oxygen atoms in total. The summed E-state index contributed by atoms with van der Waals surface area (Å²) in [5.74, 6) is 1.62. The number of piperidine rings is 1. The monoisotopic (exact) mass is 477 g/mol. The fourth-order valence-corrected chi connectivity index (χ4v) is 7.37. The second kappa shape index (κ2) is 7.76. The molecule has 4 saturated carbocycles. The van der Waals surface area contributed by atoms with E-state index in [1.54, 1.807) is 11.1 Å². The number of fused-ring (bicyclic) bond motifs is 1. The molecule has 35 heavy (non-hydrogen) atoms. The van der Waals surface area contributed by atoms with Gasteiger partial charge in [0.1, 0.15) is 5.65 Å². The van der Waals surface area contributed by atoms with E-state index in [4.69, 9.17) is 10.3 Å². The molecule has 8 rings (SSSR count). The molecule has 0 spiro atoms. The van der Waals surface area contributed by atoms with Gasteiger partial charge in [0.15, 0.2) is 0 Å². The van der Waals surface area contributed by atoms with Crippen LogP contribution in [0, 0.1) is 17.8 Å². The molecule has 10 heteroatoms. The van der Waals surface area contributed by atoms with Gasteiger partial charge >= 0.3 is 0 Å². The molecule has 3 aromatic heterocycles. The third kappa shape index (κ3) is 3.53. The molecule has 4 aliphatic carbocycles. The lowest BCUT2D eigenvalue weighted by Gasteiger charge is -2.58. The Morgan fingerprint density at radius 3 is 2.74 bits per heavy atom. The fraction of sp³-hybridized carbons (Fsp3) is 0.600. The number of pyridine rings is 1. The predicted molar refractivity (Wildman–Crippen MR) is 128 cm³/mol. The van der Waals surface area contributed by atoms with E-state index in [1.807, 2.05) is 12.3 Å². The van der Waals surface area contributed by atoms with Gasteiger partial charge in [0.2, 0.25) is 0 Å². The number of nitrogens with zero attached hydrogens (tertiary/aromatic N) is 4. The number of nitrogens with two attached hydrogens (primary N) is 1. The van der Waals surface area contributed by atoms with Crippen molar-refractivity contribution in [2.75, 3.05) is 18.4 Å². The summed E-state index contributed by atoms with van der Waals surface area (Å²) < 4.78 is 5.61. The molecule has 5 aliphatic rings. The predicted octanol–water partition coefficient (Wildman–Crippen LogP) is 2.53. The van der Waals surface area contributed by atoms with Crippen LogP contribution < -0.4 is 11.1 Å². The zero-order chi connectivity index (χ0) is 23.7. The molecule has 5 fully saturated rings. The summed E-state index contributed by atoms with van der Waals surface area (Å²) in [6.45, 7) is 1.21. The van der Waals surface area contributed by atoms with E-state index in [9.17, 15) is 9.90 Å². The van der Waals surface area contributed by atoms with Crippen molar-refractivity contribution in [1.82, 2.24) is 25.0 Å². The van der Waals surface area contributed by atoms with Gasteiger partial charge in [0.05, 0.1) is 16.9 Å². The Morgan fingerprint density at radius 1 is 1.23 bits per heavy atom. The molecule has 4 bridgehead atoms. The van der Waals surface area contributed by atoms with Gasteiger partial charge in [0, 0.05) is 43.0 Å². The summed E-state index contributed by atoms with van der Waals surface area (Å²) in [7, 11) is 0. The summed E-state index contributed by atoms with van der Waals surface area (Å²) >= 11 is 0. The van der Waals surface area contributed by atoms with Crippen molar-refractivity contribution in [2.45, 2.75) is 62.6 Å². The van der Waals surface area contributed by atoms with E-state index in [0.29, 0.717) is 36.4 Å². The zero-order valence-corrected chi connectivity index (χ0v) is 19.6. The average Bonchev–Trinajstić information content (AvgIpc) is 3.50. The normalized spacial score (nSPS) is 32.5. The Morgan fingerprint density at radius 2 is 2.00 bits per heavy atom. The Kier molecular flexibility index (Phi) is 4.73. The van der Waals surface area contributed by atoms with E-state index in [2.05, 4.69) is 25.4 Å². The Labute approximate surface area is 202 Å². The third-order valence-electron chi connectivity index (χ3n) is 8.81. The molecule has 3 aromatic rings. The highest BCUT2D eigenvalue weighted by Crippen LogP contribution is 2.56. The van der Waals surface area contributed by atoms with Crippen molar-refractivity contribution in [3.8, 4) is 11.5 Å². The van der Waals surface area contributed by atoms with Crippen molar-refractivity contribution in [2.24, 2.45) is 23.5 Å². The van der Waals surface area contributed by atoms with Crippen LogP contribution in [0.4, 0.5) is 5.69 Å². The third-order valence-corrected chi connectivity index (χ3v) is 8.81. The largest absolute Gasteiger partial charge is 0.390 e. The number of aliphatic hydroxyl groups is 1. The standard InChI is InChI=1S/C25H31N7O3/c26-16-2-5-32(6-3-16)24(33)22-30-23(35-31-22)18-12-28-21-17(1-4-27-21)20(18)29-19-14-7-13-8-15(19)11-25(34,9-13)10-14/h1,4,12-16,19,34H,2-3,5-11,26H2,(H2,27,28,29)/t13?,14?,15?,19-,25+. The molecule has 2 atom stereocenters. The molecular weight excluding hydrogens is 446 g/mol. The highest BCUT2D eigenvalue weighted by atomic mass is 16.5. The first kappa shape index (κ1) is 21.3. The topological polar surface area (TPSA) is 146 Å². The van der Waals surface area contributed by atoms with Gasteiger partial charge in [-0.05, 0) is 68.8 Å². The highest BCUT2D eigenvalue weighted by Gasteiger charge is 2.54. The van der Waals surface area contributed by atoms with Crippen LogP contribution in [-0.2, 0) is 0 Å². The molecule has 2 unspecified atom stereocenters. The fourth-order valence-electron chi connectivity index (χ4n) is 7.37. The van der Waals surface area contributed by atoms with Gasteiger partial charge in [-0.3, -0.25) is 4.79 Å². The number of amides is 1. The number of hydrogen-bond donors (Lipinski definition) is 4. The summed E-state index contributed by atoms with van der Waals surface area (Å²) in [5, 5.41) is 19.8. The first-order chi connectivity index (χ1) is 17.0. The first-order valence-corrected chi connectivity index (χ1v) is 12.8. The van der Waals surface area contributed by atoms with Crippen molar-refractivity contribution < 1.29 is 14.4 Å². The van der Waals surface area contributed by atoms with Crippen LogP contribution in [0.3, 0.4) is 0 Å². The maximum atomic E-state index is 13.0. The van der Waals surface area contributed by atoms with E-state index in [1.165, 1.54) is 0 Å². The van der Waals surface area contributed by atoms with E-state index >= 15 is 0 Å². The van der Waals surface area contributed by atoms with Crippen molar-refractivity contribution in [1.29, 1.82) is 0 Å². The number of carbonyl (C=O) groups excluding carboxylic acids is 1. The number of anilines is 1. The summed E-state index contributed by atoms with van der Waals surface area (Å²) in [5.41, 5.74) is 7.86. The second-order valence-corrected chi connectivity index (χ2v) is 11.2. The van der Waals surface area contributed by atoms with Crippen molar-refractivity contribution in [3.05, 3.63) is 24.3 Å². The number of aromatic nitrogens is 4. The zero-order valence-electron chi connectivity index (χ0n) is 19.6. The minimum Gasteiger partial charge on any atom is -0.390 e. The lowest BCUT2D eigenvalue weighted by molar-refractivity contribution is -0.129. The molecule has 4 heterocycles. The van der Waals surface area contributed by atoms with Gasteiger partial charge < -0.3 is 30.6 Å². The van der Waals surface area contributed by atoms with Gasteiger partial charge in [-0.15, -0.1) is 0 Å². The van der Waals surface area contributed by atoms with Gasteiger partial charge in [-0.1, -0.05) is 5.16 Å². The highest BCUT2D eigenvalue weighted by molar-refractivity contribution is 5.97. The quantitative estimate of drug-likeness (QED) is 0.448. The molecule has 0 aromatic carbocycles. The number of aromatic amines is 1. The minimum absolute atomic E-state index is 0.0624. The average molecular weight is 478 g/mol. The van der Waals surface area contributed by atoms with E-state index in [-0.39, 0.29) is 29.7 Å². The maximum absolute atomic E-state index is 13.0. The lowest BCUT2D eigenvalue weighted by atomic mass is 9.52. The maximum Gasteiger partial charge on any atom is 0.295 e. The molecule has 1 saturated heterocycles. The number of hydrogen-bond acceptors (Lipinski definition) is 8. The van der Waals surface area contributed by atoms with Crippen LogP contribution in [0.1, 0.15) is 55.6 Å². The Balaban J connectivity index is 1.21. The van der Waals surface area contributed by atoms with Crippen molar-refractivity contribution >= 4 is 22.6 Å². The number of likely N-dealkylation sites (tertiary alicyclic amines) is 1. The number of H-pyrrole nitrogens is 1. The Bertz CT molecular complexity index is 1260. The Hall–Kier alpha value is -2.98. The van der Waals surface area contributed by atoms with Crippen molar-refractivity contribution in [3.63, 3.8) is 0 Å². The van der Waals surface area contributed by atoms with Gasteiger partial charge in [-0.25, -0.2) is 4.98 Å². The van der Waals surface area contributed by atoms with Crippen LogP contribution in [-0.4, -0.2) is 66.8 Å². The lowest BCUT2D eigenvalue weighted by Crippen LogP contribution is -2.59. The molecule has 184 valence electrons. The van der Waals surface area contributed by atoms with Crippen LogP contribution in [0.15, 0.2) is 23.0 Å². The summed E-state index contributed by atoms with van der Waals surface area (Å²) in [6.07, 6.45) is 10.1. The smallest absolute Gasteiger partial charge is 0.295 e. The van der Waals surface area contributed by atoms with Gasteiger partial charge in [0.25, 0.3) is 17.6 Å². The minimum atomic E-state index is -0.487. The second-order valence-electron chi connectivity index (χ2n) is 11.2. The van der Waals surface area contributed by atoms with E-state index < -0.39 is 5.60 Å². The molecule has 1 amide bonds. The number of carbonyl (C=O) groups is 1. The number of nitrogens with one attached hydrogen (secondary N) is 2. The first-order valence-electron chi connectivity index (χ1n) is 12.8.